The number of aromatic nitrogens is 1. The molecule has 25 heavy (non-hydrogen) atoms. The van der Waals surface area contributed by atoms with Crippen LogP contribution in [-0.2, 0) is 6.18 Å². The van der Waals surface area contributed by atoms with Crippen LogP contribution in [0.5, 0.6) is 0 Å². The SMILES string of the molecule is Cc1ccc(NC(=O)NCCNc2ncccc2C(F)(F)F)c(F)c1. The normalized spacial score (nSPS) is 11.1. The highest BCUT2D eigenvalue weighted by Gasteiger charge is 2.33. The van der Waals surface area contributed by atoms with Gasteiger partial charge in [0.15, 0.2) is 0 Å². The van der Waals surface area contributed by atoms with Gasteiger partial charge in [-0.3, -0.25) is 0 Å². The second-order valence-electron chi connectivity index (χ2n) is 5.19. The number of pyridine rings is 1. The molecule has 1 heterocycles. The number of hydrogen-bond donors (Lipinski definition) is 3. The van der Waals surface area contributed by atoms with E-state index in [2.05, 4.69) is 20.9 Å². The van der Waals surface area contributed by atoms with E-state index < -0.39 is 23.6 Å². The number of halogens is 4. The van der Waals surface area contributed by atoms with Crippen LogP contribution in [0.1, 0.15) is 11.1 Å². The molecule has 0 aliphatic heterocycles. The lowest BCUT2D eigenvalue weighted by Crippen LogP contribution is -2.33. The third-order valence-corrected chi connectivity index (χ3v) is 3.19. The van der Waals surface area contributed by atoms with Crippen LogP contribution in [0, 0.1) is 12.7 Å². The summed E-state index contributed by atoms with van der Waals surface area (Å²) >= 11 is 0. The molecule has 0 saturated heterocycles. The molecule has 0 unspecified atom stereocenters. The fourth-order valence-electron chi connectivity index (χ4n) is 2.02. The number of benzene rings is 1. The van der Waals surface area contributed by atoms with Gasteiger partial charge in [-0.05, 0) is 36.8 Å². The van der Waals surface area contributed by atoms with Gasteiger partial charge in [0.25, 0.3) is 0 Å². The monoisotopic (exact) mass is 356 g/mol. The van der Waals surface area contributed by atoms with Gasteiger partial charge in [-0.15, -0.1) is 0 Å². The molecule has 2 rings (SSSR count). The van der Waals surface area contributed by atoms with Gasteiger partial charge in [-0.25, -0.2) is 14.2 Å². The van der Waals surface area contributed by atoms with E-state index in [-0.39, 0.29) is 24.6 Å². The fraction of sp³-hybridized carbons (Fsp3) is 0.250. The number of nitrogens with zero attached hydrogens (tertiary/aromatic N) is 1. The Bertz CT molecular complexity index is 749. The molecule has 0 radical (unpaired) electrons. The number of aryl methyl sites for hydroxylation is 1. The van der Waals surface area contributed by atoms with Gasteiger partial charge < -0.3 is 16.0 Å². The molecule has 0 spiro atoms. The van der Waals surface area contributed by atoms with E-state index in [1.54, 1.807) is 13.0 Å². The van der Waals surface area contributed by atoms with Crippen molar-refractivity contribution in [2.75, 3.05) is 23.7 Å². The Hall–Kier alpha value is -2.84. The third-order valence-electron chi connectivity index (χ3n) is 3.19. The van der Waals surface area contributed by atoms with Crippen molar-refractivity contribution in [2.24, 2.45) is 0 Å². The molecular weight excluding hydrogens is 340 g/mol. The highest BCUT2D eigenvalue weighted by molar-refractivity contribution is 5.89. The van der Waals surface area contributed by atoms with Gasteiger partial charge in [-0.1, -0.05) is 6.07 Å². The maximum absolute atomic E-state index is 13.6. The van der Waals surface area contributed by atoms with Gasteiger partial charge >= 0.3 is 12.2 Å². The molecule has 1 aromatic carbocycles. The summed E-state index contributed by atoms with van der Waals surface area (Å²) in [4.78, 5) is 15.3. The first kappa shape index (κ1) is 18.5. The lowest BCUT2D eigenvalue weighted by Gasteiger charge is -2.13. The van der Waals surface area contributed by atoms with E-state index in [1.807, 2.05) is 0 Å². The summed E-state index contributed by atoms with van der Waals surface area (Å²) in [5, 5.41) is 7.25. The molecule has 0 bridgehead atoms. The summed E-state index contributed by atoms with van der Waals surface area (Å²) in [7, 11) is 0. The molecular formula is C16H16F4N4O. The zero-order chi connectivity index (χ0) is 18.4. The molecule has 1 aromatic heterocycles. The number of alkyl halides is 3. The smallest absolute Gasteiger partial charge is 0.368 e. The number of nitrogens with one attached hydrogen (secondary N) is 3. The molecule has 0 aliphatic rings. The Morgan fingerprint density at radius 1 is 1.20 bits per heavy atom. The topological polar surface area (TPSA) is 66.1 Å². The first-order valence-corrected chi connectivity index (χ1v) is 7.34. The van der Waals surface area contributed by atoms with Crippen molar-refractivity contribution in [3.8, 4) is 0 Å². The fourth-order valence-corrected chi connectivity index (χ4v) is 2.02. The average molecular weight is 356 g/mol. The zero-order valence-corrected chi connectivity index (χ0v) is 13.2. The van der Waals surface area contributed by atoms with E-state index in [9.17, 15) is 22.4 Å². The summed E-state index contributed by atoms with van der Waals surface area (Å²) in [6, 6.07) is 5.77. The van der Waals surface area contributed by atoms with Crippen LogP contribution in [0.15, 0.2) is 36.5 Å². The van der Waals surface area contributed by atoms with E-state index in [0.717, 1.165) is 6.07 Å². The number of carbonyl (C=O) groups is 1. The van der Waals surface area contributed by atoms with Gasteiger partial charge in [0.2, 0.25) is 0 Å². The van der Waals surface area contributed by atoms with Crippen LogP contribution >= 0.6 is 0 Å². The van der Waals surface area contributed by atoms with Crippen molar-refractivity contribution < 1.29 is 22.4 Å². The minimum atomic E-state index is -4.52. The quantitative estimate of drug-likeness (QED) is 0.564. The van der Waals surface area contributed by atoms with Crippen molar-refractivity contribution >= 4 is 17.5 Å². The molecule has 0 saturated carbocycles. The number of carbonyl (C=O) groups excluding carboxylic acids is 1. The molecule has 2 aromatic rings. The Labute approximate surface area is 141 Å². The van der Waals surface area contributed by atoms with Crippen molar-refractivity contribution in [2.45, 2.75) is 13.1 Å². The number of hydrogen-bond acceptors (Lipinski definition) is 3. The van der Waals surface area contributed by atoms with Gasteiger partial charge in [0.05, 0.1) is 11.3 Å². The molecule has 9 heteroatoms. The summed E-state index contributed by atoms with van der Waals surface area (Å²) in [6.45, 7) is 1.75. The van der Waals surface area contributed by atoms with Crippen LogP contribution in [0.25, 0.3) is 0 Å². The summed E-state index contributed by atoms with van der Waals surface area (Å²) in [6.07, 6.45) is -3.29. The first-order valence-electron chi connectivity index (χ1n) is 7.34. The number of rotatable bonds is 5. The molecule has 134 valence electrons. The van der Waals surface area contributed by atoms with Crippen molar-refractivity contribution in [1.29, 1.82) is 0 Å². The highest BCUT2D eigenvalue weighted by atomic mass is 19.4. The molecule has 0 aliphatic carbocycles. The molecule has 0 atom stereocenters. The lowest BCUT2D eigenvalue weighted by atomic mass is 10.2. The van der Waals surface area contributed by atoms with E-state index >= 15 is 0 Å². The Morgan fingerprint density at radius 2 is 1.96 bits per heavy atom. The summed E-state index contributed by atoms with van der Waals surface area (Å²) in [5.74, 6) is -0.890. The second-order valence-corrected chi connectivity index (χ2v) is 5.19. The predicted octanol–water partition coefficient (Wildman–Crippen LogP) is 3.78. The van der Waals surface area contributed by atoms with E-state index in [0.29, 0.717) is 5.56 Å². The average Bonchev–Trinajstić information content (AvgIpc) is 2.54. The number of urea groups is 1. The Morgan fingerprint density at radius 3 is 2.64 bits per heavy atom. The molecule has 3 N–H and O–H groups in total. The Balaban J connectivity index is 1.83. The highest BCUT2D eigenvalue weighted by Crippen LogP contribution is 2.33. The van der Waals surface area contributed by atoms with Crippen molar-refractivity contribution in [3.05, 3.63) is 53.5 Å². The minimum Gasteiger partial charge on any atom is -0.368 e. The zero-order valence-electron chi connectivity index (χ0n) is 13.2. The second kappa shape index (κ2) is 7.82. The summed E-state index contributed by atoms with van der Waals surface area (Å²) < 4.78 is 52.0. The molecule has 0 fully saturated rings. The van der Waals surface area contributed by atoms with Crippen LogP contribution < -0.4 is 16.0 Å². The van der Waals surface area contributed by atoms with Gasteiger partial charge in [0, 0.05) is 19.3 Å². The third kappa shape index (κ3) is 5.33. The number of amides is 2. The Kier molecular flexibility index (Phi) is 5.79. The van der Waals surface area contributed by atoms with Crippen LogP contribution in [-0.4, -0.2) is 24.1 Å². The van der Waals surface area contributed by atoms with E-state index in [1.165, 1.54) is 24.4 Å². The predicted molar refractivity (Wildman–Crippen MR) is 85.9 cm³/mol. The first-order chi connectivity index (χ1) is 11.8. The van der Waals surface area contributed by atoms with Gasteiger partial charge in [0.1, 0.15) is 11.6 Å². The molecule has 5 nitrogen and oxygen atoms in total. The maximum Gasteiger partial charge on any atom is 0.419 e. The van der Waals surface area contributed by atoms with Crippen molar-refractivity contribution in [3.63, 3.8) is 0 Å². The summed E-state index contributed by atoms with van der Waals surface area (Å²) in [5.41, 5.74) is -0.162. The van der Waals surface area contributed by atoms with Crippen LogP contribution in [0.4, 0.5) is 33.9 Å². The standard InChI is InChI=1S/C16H16F4N4O/c1-10-4-5-13(12(17)9-10)24-15(25)23-8-7-22-14-11(16(18,19)20)3-2-6-21-14/h2-6,9H,7-8H2,1H3,(H,21,22)(H2,23,24,25). The maximum atomic E-state index is 13.6. The van der Waals surface area contributed by atoms with E-state index in [4.69, 9.17) is 0 Å². The lowest BCUT2D eigenvalue weighted by molar-refractivity contribution is -0.137. The van der Waals surface area contributed by atoms with Crippen molar-refractivity contribution in [1.82, 2.24) is 10.3 Å². The number of anilines is 2. The van der Waals surface area contributed by atoms with Crippen LogP contribution in [0.3, 0.4) is 0 Å². The molecule has 2 amide bonds. The largest absolute Gasteiger partial charge is 0.419 e. The minimum absolute atomic E-state index is 0.0140. The van der Waals surface area contributed by atoms with Crippen LogP contribution in [0.2, 0.25) is 0 Å². The van der Waals surface area contributed by atoms with Gasteiger partial charge in [-0.2, -0.15) is 13.2 Å².